The molecule has 0 aromatic heterocycles. The first-order chi connectivity index (χ1) is 9.70. The van der Waals surface area contributed by atoms with Crippen LogP contribution in [0.3, 0.4) is 0 Å². The summed E-state index contributed by atoms with van der Waals surface area (Å²) < 4.78 is 13.1. The number of nitrogens with zero attached hydrogens (tertiary/aromatic N) is 2. The topological polar surface area (TPSA) is 38.7 Å². The molecule has 0 radical (unpaired) electrons. The van der Waals surface area contributed by atoms with Gasteiger partial charge in [0.2, 0.25) is 0 Å². The highest BCUT2D eigenvalue weighted by atomic mass is 19.1. The fraction of sp³-hybridized carbons (Fsp3) is 0.600. The van der Waals surface area contributed by atoms with Crippen LogP contribution in [0.2, 0.25) is 0 Å². The normalized spacial score (nSPS) is 18.4. The minimum absolute atomic E-state index is 0.135. The van der Waals surface area contributed by atoms with E-state index in [9.17, 15) is 4.39 Å². The quantitative estimate of drug-likeness (QED) is 0.805. The fourth-order valence-corrected chi connectivity index (χ4v) is 2.64. The Morgan fingerprint density at radius 1 is 1.30 bits per heavy atom. The van der Waals surface area contributed by atoms with Gasteiger partial charge in [-0.05, 0) is 24.7 Å². The number of likely N-dealkylation sites (N-methyl/N-ethyl adjacent to an activating group) is 1. The van der Waals surface area contributed by atoms with Crippen molar-refractivity contribution >= 4 is 0 Å². The molecule has 0 amide bonds. The maximum absolute atomic E-state index is 13.1. The minimum atomic E-state index is -0.209. The van der Waals surface area contributed by atoms with Crippen molar-refractivity contribution in [3.63, 3.8) is 0 Å². The summed E-state index contributed by atoms with van der Waals surface area (Å²) >= 11 is 0. The predicted molar refractivity (Wildman–Crippen MR) is 78.2 cm³/mol. The van der Waals surface area contributed by atoms with Crippen LogP contribution < -0.4 is 5.32 Å². The molecule has 112 valence electrons. The van der Waals surface area contributed by atoms with Crippen molar-refractivity contribution in [1.29, 1.82) is 0 Å². The number of hydrogen-bond donors (Lipinski definition) is 2. The molecule has 4 nitrogen and oxygen atoms in total. The number of halogens is 1. The second-order valence-electron chi connectivity index (χ2n) is 5.32. The van der Waals surface area contributed by atoms with Gasteiger partial charge in [0.1, 0.15) is 5.82 Å². The van der Waals surface area contributed by atoms with Crippen LogP contribution in [0.4, 0.5) is 4.39 Å². The first-order valence-electron chi connectivity index (χ1n) is 7.20. The van der Waals surface area contributed by atoms with E-state index < -0.39 is 0 Å². The van der Waals surface area contributed by atoms with Crippen LogP contribution in [0.1, 0.15) is 11.6 Å². The fourth-order valence-electron chi connectivity index (χ4n) is 2.64. The van der Waals surface area contributed by atoms with Gasteiger partial charge in [-0.2, -0.15) is 0 Å². The first-order valence-corrected chi connectivity index (χ1v) is 7.20. The summed E-state index contributed by atoms with van der Waals surface area (Å²) in [5.41, 5.74) is 1.10. The molecule has 2 N–H and O–H groups in total. The highest BCUT2D eigenvalue weighted by Crippen LogP contribution is 2.21. The summed E-state index contributed by atoms with van der Waals surface area (Å²) in [6, 6.07) is 6.88. The van der Waals surface area contributed by atoms with E-state index in [1.165, 1.54) is 12.1 Å². The van der Waals surface area contributed by atoms with Crippen LogP contribution in [0.25, 0.3) is 0 Å². The SMILES string of the molecule is CN(CCO)C(CN1CCNCC1)c1ccc(F)cc1. The standard InChI is InChI=1S/C15H24FN3O/c1-18(10-11-20)15(12-19-8-6-17-7-9-19)13-2-4-14(16)5-3-13/h2-5,15,17,20H,6-12H2,1H3. The van der Waals surface area contributed by atoms with Crippen molar-refractivity contribution in [2.24, 2.45) is 0 Å². The van der Waals surface area contributed by atoms with E-state index in [4.69, 9.17) is 5.11 Å². The summed E-state index contributed by atoms with van der Waals surface area (Å²) in [5.74, 6) is -0.209. The van der Waals surface area contributed by atoms with E-state index in [-0.39, 0.29) is 18.5 Å². The van der Waals surface area contributed by atoms with Gasteiger partial charge in [0.05, 0.1) is 6.61 Å². The summed E-state index contributed by atoms with van der Waals surface area (Å²) in [4.78, 5) is 4.55. The molecule has 0 aliphatic carbocycles. The highest BCUT2D eigenvalue weighted by molar-refractivity contribution is 5.20. The third kappa shape index (κ3) is 4.24. The number of aliphatic hydroxyl groups is 1. The number of benzene rings is 1. The molecule has 1 heterocycles. The number of hydrogen-bond acceptors (Lipinski definition) is 4. The third-order valence-corrected chi connectivity index (χ3v) is 3.88. The van der Waals surface area contributed by atoms with Gasteiger partial charge in [0.15, 0.2) is 0 Å². The molecule has 0 saturated carbocycles. The second-order valence-corrected chi connectivity index (χ2v) is 5.32. The van der Waals surface area contributed by atoms with Crippen LogP contribution in [0.15, 0.2) is 24.3 Å². The second kappa shape index (κ2) is 7.69. The minimum Gasteiger partial charge on any atom is -0.395 e. The van der Waals surface area contributed by atoms with Gasteiger partial charge in [-0.15, -0.1) is 0 Å². The van der Waals surface area contributed by atoms with Crippen molar-refractivity contribution in [3.8, 4) is 0 Å². The largest absolute Gasteiger partial charge is 0.395 e. The molecule has 1 aliphatic heterocycles. The molecule has 1 aromatic rings. The summed E-state index contributed by atoms with van der Waals surface area (Å²) in [5, 5.41) is 12.5. The van der Waals surface area contributed by atoms with E-state index in [0.717, 1.165) is 38.3 Å². The maximum Gasteiger partial charge on any atom is 0.123 e. The van der Waals surface area contributed by atoms with E-state index in [1.54, 1.807) is 0 Å². The van der Waals surface area contributed by atoms with Gasteiger partial charge in [0.25, 0.3) is 0 Å². The Morgan fingerprint density at radius 2 is 1.95 bits per heavy atom. The predicted octanol–water partition coefficient (Wildman–Crippen LogP) is 0.696. The van der Waals surface area contributed by atoms with E-state index in [2.05, 4.69) is 15.1 Å². The summed E-state index contributed by atoms with van der Waals surface area (Å²) in [6.45, 7) is 5.75. The Hall–Kier alpha value is -1.01. The smallest absolute Gasteiger partial charge is 0.123 e. The summed E-state index contributed by atoms with van der Waals surface area (Å²) in [7, 11) is 2.01. The van der Waals surface area contributed by atoms with E-state index in [0.29, 0.717) is 6.54 Å². The number of piperazine rings is 1. The Balaban J connectivity index is 2.08. The maximum atomic E-state index is 13.1. The lowest BCUT2D eigenvalue weighted by Crippen LogP contribution is -2.47. The lowest BCUT2D eigenvalue weighted by molar-refractivity contribution is 0.130. The molecule has 0 spiro atoms. The highest BCUT2D eigenvalue weighted by Gasteiger charge is 2.21. The average molecular weight is 281 g/mol. The molecule has 1 fully saturated rings. The van der Waals surface area contributed by atoms with Crippen molar-refractivity contribution < 1.29 is 9.50 Å². The number of aliphatic hydroxyl groups excluding tert-OH is 1. The Kier molecular flexibility index (Phi) is 5.91. The lowest BCUT2D eigenvalue weighted by Gasteiger charge is -2.35. The Morgan fingerprint density at radius 3 is 2.55 bits per heavy atom. The van der Waals surface area contributed by atoms with Crippen molar-refractivity contribution in [2.45, 2.75) is 6.04 Å². The van der Waals surface area contributed by atoms with Gasteiger partial charge in [-0.25, -0.2) is 4.39 Å². The monoisotopic (exact) mass is 281 g/mol. The van der Waals surface area contributed by atoms with Crippen molar-refractivity contribution in [2.75, 3.05) is 52.9 Å². The van der Waals surface area contributed by atoms with Gasteiger partial charge < -0.3 is 10.4 Å². The van der Waals surface area contributed by atoms with Crippen molar-refractivity contribution in [1.82, 2.24) is 15.1 Å². The molecule has 20 heavy (non-hydrogen) atoms. The lowest BCUT2D eigenvalue weighted by atomic mass is 10.0. The van der Waals surface area contributed by atoms with Gasteiger partial charge in [-0.3, -0.25) is 9.80 Å². The molecule has 0 bridgehead atoms. The van der Waals surface area contributed by atoms with Crippen LogP contribution in [0, 0.1) is 5.82 Å². The number of nitrogens with one attached hydrogen (secondary N) is 1. The van der Waals surface area contributed by atoms with Gasteiger partial charge >= 0.3 is 0 Å². The zero-order valence-electron chi connectivity index (χ0n) is 12.1. The molecule has 1 atom stereocenters. The molecule has 2 rings (SSSR count). The molecule has 1 unspecified atom stereocenters. The molecule has 1 aliphatic rings. The average Bonchev–Trinajstić information content (AvgIpc) is 2.47. The van der Waals surface area contributed by atoms with E-state index >= 15 is 0 Å². The van der Waals surface area contributed by atoms with Crippen LogP contribution >= 0.6 is 0 Å². The molecular weight excluding hydrogens is 257 g/mol. The summed E-state index contributed by atoms with van der Waals surface area (Å²) in [6.07, 6.45) is 0. The molecular formula is C15H24FN3O. The Bertz CT molecular complexity index is 393. The zero-order chi connectivity index (χ0) is 14.4. The molecule has 1 saturated heterocycles. The van der Waals surface area contributed by atoms with Crippen molar-refractivity contribution in [3.05, 3.63) is 35.6 Å². The van der Waals surface area contributed by atoms with Crippen LogP contribution in [-0.4, -0.2) is 67.8 Å². The van der Waals surface area contributed by atoms with Gasteiger partial charge in [0, 0.05) is 45.3 Å². The number of rotatable bonds is 6. The Labute approximate surface area is 120 Å². The van der Waals surface area contributed by atoms with Crippen LogP contribution in [0.5, 0.6) is 0 Å². The third-order valence-electron chi connectivity index (χ3n) is 3.88. The van der Waals surface area contributed by atoms with Crippen LogP contribution in [-0.2, 0) is 0 Å². The van der Waals surface area contributed by atoms with Gasteiger partial charge in [-0.1, -0.05) is 12.1 Å². The molecule has 5 heteroatoms. The van der Waals surface area contributed by atoms with E-state index in [1.807, 2.05) is 19.2 Å². The first kappa shape index (κ1) is 15.4. The zero-order valence-corrected chi connectivity index (χ0v) is 12.1. The molecule has 1 aromatic carbocycles.